The van der Waals surface area contributed by atoms with Gasteiger partial charge in [0, 0.05) is 4.47 Å². The van der Waals surface area contributed by atoms with Gasteiger partial charge in [0.1, 0.15) is 5.75 Å². The van der Waals surface area contributed by atoms with Gasteiger partial charge in [0.15, 0.2) is 0 Å². The van der Waals surface area contributed by atoms with E-state index in [0.29, 0.717) is 12.6 Å². The van der Waals surface area contributed by atoms with Gasteiger partial charge in [-0.15, -0.1) is 0 Å². The second-order valence-electron chi connectivity index (χ2n) is 5.46. The van der Waals surface area contributed by atoms with Gasteiger partial charge in [-0.05, 0) is 68.3 Å². The second kappa shape index (κ2) is 7.30. The molecule has 0 amide bonds. The van der Waals surface area contributed by atoms with E-state index in [2.05, 4.69) is 35.0 Å². The maximum atomic E-state index is 6.21. The van der Waals surface area contributed by atoms with Crippen LogP contribution < -0.4 is 10.5 Å². The van der Waals surface area contributed by atoms with Crippen molar-refractivity contribution in [1.82, 2.24) is 0 Å². The summed E-state index contributed by atoms with van der Waals surface area (Å²) in [7, 11) is 0. The van der Waals surface area contributed by atoms with E-state index in [4.69, 9.17) is 10.5 Å². The molecule has 19 heavy (non-hydrogen) atoms. The summed E-state index contributed by atoms with van der Waals surface area (Å²) in [5.41, 5.74) is 6.90. The average molecular weight is 326 g/mol. The van der Waals surface area contributed by atoms with Crippen LogP contribution in [0.25, 0.3) is 0 Å². The third-order valence-corrected chi connectivity index (χ3v) is 4.59. The Morgan fingerprint density at radius 3 is 2.63 bits per heavy atom. The van der Waals surface area contributed by atoms with Crippen LogP contribution in [0.2, 0.25) is 0 Å². The highest BCUT2D eigenvalue weighted by molar-refractivity contribution is 9.10. The number of rotatable bonds is 5. The van der Waals surface area contributed by atoms with E-state index in [1.807, 2.05) is 6.07 Å². The van der Waals surface area contributed by atoms with Crippen LogP contribution >= 0.6 is 15.9 Å². The molecule has 2 nitrogen and oxygen atoms in total. The SMILES string of the molecule is CCC1CCC(Oc2ccc(Br)cc2CCN)CC1. The van der Waals surface area contributed by atoms with Gasteiger partial charge in [-0.2, -0.15) is 0 Å². The molecule has 0 radical (unpaired) electrons. The summed E-state index contributed by atoms with van der Waals surface area (Å²) in [6.45, 7) is 2.95. The minimum absolute atomic E-state index is 0.389. The standard InChI is InChI=1S/C16H24BrNO/c1-2-12-3-6-15(7-4-12)19-16-8-5-14(17)11-13(16)9-10-18/h5,8,11-12,15H,2-4,6-7,9-10,18H2,1H3. The van der Waals surface area contributed by atoms with E-state index >= 15 is 0 Å². The fraction of sp³-hybridized carbons (Fsp3) is 0.625. The summed E-state index contributed by atoms with van der Waals surface area (Å²) in [4.78, 5) is 0. The van der Waals surface area contributed by atoms with Gasteiger partial charge in [-0.1, -0.05) is 29.3 Å². The normalized spacial score (nSPS) is 23.3. The lowest BCUT2D eigenvalue weighted by Crippen LogP contribution is -2.24. The molecule has 2 rings (SSSR count). The summed E-state index contributed by atoms with van der Waals surface area (Å²) in [5, 5.41) is 0. The topological polar surface area (TPSA) is 35.2 Å². The van der Waals surface area contributed by atoms with Crippen LogP contribution in [0.15, 0.2) is 22.7 Å². The summed E-state index contributed by atoms with van der Waals surface area (Å²) in [6.07, 6.45) is 7.57. The van der Waals surface area contributed by atoms with Gasteiger partial charge in [-0.3, -0.25) is 0 Å². The molecule has 3 heteroatoms. The molecule has 0 unspecified atom stereocenters. The molecular formula is C16H24BrNO. The predicted molar refractivity (Wildman–Crippen MR) is 83.6 cm³/mol. The van der Waals surface area contributed by atoms with Gasteiger partial charge in [0.25, 0.3) is 0 Å². The predicted octanol–water partition coefficient (Wildman–Crippen LogP) is 4.30. The molecule has 0 spiro atoms. The van der Waals surface area contributed by atoms with E-state index in [1.165, 1.54) is 37.7 Å². The monoisotopic (exact) mass is 325 g/mol. The van der Waals surface area contributed by atoms with Crippen molar-refractivity contribution < 1.29 is 4.74 Å². The van der Waals surface area contributed by atoms with Crippen molar-refractivity contribution in [1.29, 1.82) is 0 Å². The summed E-state index contributed by atoms with van der Waals surface area (Å²) in [5.74, 6) is 1.93. The van der Waals surface area contributed by atoms with Crippen LogP contribution in [0.1, 0.15) is 44.6 Å². The van der Waals surface area contributed by atoms with E-state index in [0.717, 1.165) is 22.6 Å². The molecule has 106 valence electrons. The fourth-order valence-electron chi connectivity index (χ4n) is 2.85. The molecule has 2 N–H and O–H groups in total. The molecule has 1 aromatic carbocycles. The van der Waals surface area contributed by atoms with Crippen molar-refractivity contribution in [3.8, 4) is 5.75 Å². The summed E-state index contributed by atoms with van der Waals surface area (Å²) in [6, 6.07) is 6.24. The van der Waals surface area contributed by atoms with E-state index in [1.54, 1.807) is 0 Å². The minimum Gasteiger partial charge on any atom is -0.490 e. The van der Waals surface area contributed by atoms with Crippen molar-refractivity contribution in [2.75, 3.05) is 6.54 Å². The van der Waals surface area contributed by atoms with E-state index < -0.39 is 0 Å². The lowest BCUT2D eigenvalue weighted by Gasteiger charge is -2.29. The first-order valence-corrected chi connectivity index (χ1v) is 8.17. The molecule has 1 aromatic rings. The smallest absolute Gasteiger partial charge is 0.123 e. The van der Waals surface area contributed by atoms with Crippen molar-refractivity contribution >= 4 is 15.9 Å². The van der Waals surface area contributed by atoms with Crippen LogP contribution in [0.3, 0.4) is 0 Å². The Morgan fingerprint density at radius 1 is 1.26 bits per heavy atom. The van der Waals surface area contributed by atoms with Crippen molar-refractivity contribution in [2.45, 2.75) is 51.6 Å². The Balaban J connectivity index is 1.99. The molecule has 1 saturated carbocycles. The van der Waals surface area contributed by atoms with E-state index in [9.17, 15) is 0 Å². The first kappa shape index (κ1) is 14.9. The van der Waals surface area contributed by atoms with Gasteiger partial charge < -0.3 is 10.5 Å². The van der Waals surface area contributed by atoms with Crippen LogP contribution in [0, 0.1) is 5.92 Å². The van der Waals surface area contributed by atoms with Gasteiger partial charge in [0.2, 0.25) is 0 Å². The minimum atomic E-state index is 0.389. The first-order chi connectivity index (χ1) is 9.22. The molecule has 0 atom stereocenters. The number of benzene rings is 1. The molecule has 0 saturated heterocycles. The van der Waals surface area contributed by atoms with Crippen molar-refractivity contribution in [3.63, 3.8) is 0 Å². The van der Waals surface area contributed by atoms with Crippen LogP contribution in [0.4, 0.5) is 0 Å². The molecule has 0 heterocycles. The first-order valence-electron chi connectivity index (χ1n) is 7.38. The van der Waals surface area contributed by atoms with Crippen LogP contribution in [0.5, 0.6) is 5.75 Å². The lowest BCUT2D eigenvalue weighted by molar-refractivity contribution is 0.129. The number of halogens is 1. The number of hydrogen-bond acceptors (Lipinski definition) is 2. The highest BCUT2D eigenvalue weighted by Gasteiger charge is 2.21. The third-order valence-electron chi connectivity index (χ3n) is 4.10. The second-order valence-corrected chi connectivity index (χ2v) is 6.38. The molecule has 0 aliphatic heterocycles. The molecule has 1 aliphatic rings. The maximum absolute atomic E-state index is 6.21. The fourth-order valence-corrected chi connectivity index (χ4v) is 3.26. The van der Waals surface area contributed by atoms with Gasteiger partial charge in [0.05, 0.1) is 6.10 Å². The third kappa shape index (κ3) is 4.22. The highest BCUT2D eigenvalue weighted by atomic mass is 79.9. The highest BCUT2D eigenvalue weighted by Crippen LogP contribution is 2.31. The largest absolute Gasteiger partial charge is 0.490 e. The molecule has 0 aromatic heterocycles. The van der Waals surface area contributed by atoms with Gasteiger partial charge >= 0.3 is 0 Å². The Morgan fingerprint density at radius 2 is 2.00 bits per heavy atom. The maximum Gasteiger partial charge on any atom is 0.123 e. The van der Waals surface area contributed by atoms with E-state index in [-0.39, 0.29) is 0 Å². The Labute approximate surface area is 124 Å². The van der Waals surface area contributed by atoms with Crippen LogP contribution in [-0.4, -0.2) is 12.6 Å². The number of hydrogen-bond donors (Lipinski definition) is 1. The summed E-state index contributed by atoms with van der Waals surface area (Å²) >= 11 is 3.51. The van der Waals surface area contributed by atoms with Crippen LogP contribution in [-0.2, 0) is 6.42 Å². The zero-order chi connectivity index (χ0) is 13.7. The Bertz CT molecular complexity index is 400. The molecule has 0 bridgehead atoms. The quantitative estimate of drug-likeness (QED) is 0.876. The number of ether oxygens (including phenoxy) is 1. The molecule has 1 fully saturated rings. The zero-order valence-electron chi connectivity index (χ0n) is 11.7. The lowest BCUT2D eigenvalue weighted by atomic mass is 9.86. The van der Waals surface area contributed by atoms with Crippen molar-refractivity contribution in [3.05, 3.63) is 28.2 Å². The molecule has 1 aliphatic carbocycles. The molecular weight excluding hydrogens is 302 g/mol. The summed E-state index contributed by atoms with van der Waals surface area (Å²) < 4.78 is 7.31. The Hall–Kier alpha value is -0.540. The Kier molecular flexibility index (Phi) is 5.71. The van der Waals surface area contributed by atoms with Crippen molar-refractivity contribution in [2.24, 2.45) is 11.7 Å². The number of nitrogens with two attached hydrogens (primary N) is 1. The average Bonchev–Trinajstić information content (AvgIpc) is 2.43. The zero-order valence-corrected chi connectivity index (χ0v) is 13.3. The van der Waals surface area contributed by atoms with Gasteiger partial charge in [-0.25, -0.2) is 0 Å².